The van der Waals surface area contributed by atoms with E-state index >= 15 is 0 Å². The van der Waals surface area contributed by atoms with Crippen molar-refractivity contribution in [2.75, 3.05) is 37.6 Å². The highest BCUT2D eigenvalue weighted by Gasteiger charge is 2.23. The van der Waals surface area contributed by atoms with Crippen molar-refractivity contribution in [3.05, 3.63) is 54.0 Å². The van der Waals surface area contributed by atoms with Crippen LogP contribution in [0.15, 0.2) is 42.9 Å². The Morgan fingerprint density at radius 1 is 1.19 bits per heavy atom. The van der Waals surface area contributed by atoms with Crippen LogP contribution in [-0.2, 0) is 13.5 Å². The highest BCUT2D eigenvalue weighted by Crippen LogP contribution is 2.23. The summed E-state index contributed by atoms with van der Waals surface area (Å²) in [5.41, 5.74) is 2.85. The number of carboxylic acid groups (broad SMARTS) is 1. The third-order valence-electron chi connectivity index (χ3n) is 6.42. The predicted molar refractivity (Wildman–Crippen MR) is 123 cm³/mol. The van der Waals surface area contributed by atoms with Gasteiger partial charge in [0.05, 0.1) is 5.56 Å². The van der Waals surface area contributed by atoms with Crippen LogP contribution in [0.1, 0.15) is 35.7 Å². The van der Waals surface area contributed by atoms with Gasteiger partial charge in [0.25, 0.3) is 0 Å². The summed E-state index contributed by atoms with van der Waals surface area (Å²) in [5.74, 6) is 0.308. The van der Waals surface area contributed by atoms with Crippen LogP contribution >= 0.6 is 0 Å². The second-order valence-electron chi connectivity index (χ2n) is 8.43. The Morgan fingerprint density at radius 2 is 1.90 bits per heavy atom. The molecule has 1 N–H and O–H groups in total. The zero-order valence-electron chi connectivity index (χ0n) is 18.4. The Bertz CT molecular complexity index is 1020. The fraction of sp³-hybridized carbons (Fsp3) is 0.458. The Labute approximate surface area is 183 Å². The van der Waals surface area contributed by atoms with Crippen LogP contribution in [0.2, 0.25) is 0 Å². The van der Waals surface area contributed by atoms with Gasteiger partial charge >= 0.3 is 5.97 Å². The van der Waals surface area contributed by atoms with E-state index in [-0.39, 0.29) is 5.56 Å². The number of piperidine rings is 1. The van der Waals surface area contributed by atoms with Crippen molar-refractivity contribution < 1.29 is 9.90 Å². The second-order valence-corrected chi connectivity index (χ2v) is 8.43. The average molecular weight is 422 g/mol. The van der Waals surface area contributed by atoms with Crippen LogP contribution in [0.25, 0.3) is 10.9 Å². The van der Waals surface area contributed by atoms with E-state index in [2.05, 4.69) is 68.8 Å². The number of aromatic nitrogens is 3. The smallest absolute Gasteiger partial charge is 0.338 e. The highest BCUT2D eigenvalue weighted by molar-refractivity contribution is 5.86. The van der Waals surface area contributed by atoms with Crippen LogP contribution in [0, 0.1) is 5.92 Å². The number of aryl methyl sites for hydroxylation is 1. The van der Waals surface area contributed by atoms with E-state index in [1.54, 1.807) is 0 Å². The van der Waals surface area contributed by atoms with Crippen molar-refractivity contribution in [3.63, 3.8) is 0 Å². The van der Waals surface area contributed by atoms with Gasteiger partial charge in [-0.3, -0.25) is 0 Å². The van der Waals surface area contributed by atoms with E-state index in [1.807, 2.05) is 0 Å². The van der Waals surface area contributed by atoms with Gasteiger partial charge in [0.15, 0.2) is 0 Å². The maximum atomic E-state index is 11.0. The van der Waals surface area contributed by atoms with Gasteiger partial charge in [-0.2, -0.15) is 0 Å². The van der Waals surface area contributed by atoms with E-state index < -0.39 is 5.97 Å². The number of hydrogen-bond acceptors (Lipinski definition) is 5. The van der Waals surface area contributed by atoms with Gasteiger partial charge in [-0.15, -0.1) is 0 Å². The van der Waals surface area contributed by atoms with E-state index in [0.29, 0.717) is 11.9 Å². The number of hydrogen-bond donors (Lipinski definition) is 1. The van der Waals surface area contributed by atoms with Crippen LogP contribution in [0.3, 0.4) is 0 Å². The molecule has 0 saturated carbocycles. The maximum Gasteiger partial charge on any atom is 0.338 e. The lowest BCUT2D eigenvalue weighted by Crippen LogP contribution is -2.40. The van der Waals surface area contributed by atoms with Crippen molar-refractivity contribution >= 4 is 22.8 Å². The highest BCUT2D eigenvalue weighted by atomic mass is 16.4. The zero-order valence-corrected chi connectivity index (χ0v) is 18.4. The number of para-hydroxylation sites is 1. The number of aromatic carboxylic acids is 1. The lowest BCUT2D eigenvalue weighted by molar-refractivity contribution is 0.0696. The molecule has 0 aliphatic carbocycles. The summed E-state index contributed by atoms with van der Waals surface area (Å²) in [6, 6.07) is 8.63. The molecule has 0 spiro atoms. The van der Waals surface area contributed by atoms with Gasteiger partial charge < -0.3 is 19.5 Å². The first-order valence-electron chi connectivity index (χ1n) is 11.1. The summed E-state index contributed by atoms with van der Waals surface area (Å²) in [5, 5.41) is 10.4. The molecule has 1 saturated heterocycles. The Kier molecular flexibility index (Phi) is 6.51. The minimum absolute atomic E-state index is 0.128. The van der Waals surface area contributed by atoms with Crippen molar-refractivity contribution in [1.29, 1.82) is 0 Å². The van der Waals surface area contributed by atoms with E-state index in [4.69, 9.17) is 5.11 Å². The first-order chi connectivity index (χ1) is 15.0. The van der Waals surface area contributed by atoms with Gasteiger partial charge in [-0.1, -0.05) is 25.1 Å². The first kappa shape index (κ1) is 21.3. The lowest BCUT2D eigenvalue weighted by Gasteiger charge is -2.34. The molecule has 0 radical (unpaired) electrons. The van der Waals surface area contributed by atoms with Crippen molar-refractivity contribution in [2.45, 2.75) is 26.2 Å². The molecule has 3 heterocycles. The molecule has 3 aromatic rings. The average Bonchev–Trinajstić information content (AvgIpc) is 3.13. The summed E-state index contributed by atoms with van der Waals surface area (Å²) < 4.78 is 2.22. The normalized spacial score (nSPS) is 15.1. The maximum absolute atomic E-state index is 11.0. The predicted octanol–water partition coefficient (Wildman–Crippen LogP) is 3.45. The Morgan fingerprint density at radius 3 is 2.58 bits per heavy atom. The zero-order chi connectivity index (χ0) is 21.8. The molecule has 1 aliphatic heterocycles. The molecule has 2 aromatic heterocycles. The van der Waals surface area contributed by atoms with Crippen LogP contribution in [0.5, 0.6) is 0 Å². The molecule has 31 heavy (non-hydrogen) atoms. The van der Waals surface area contributed by atoms with E-state index in [1.165, 1.54) is 28.9 Å². The molecular formula is C24H31N5O2. The van der Waals surface area contributed by atoms with Gasteiger partial charge in [-0.25, -0.2) is 14.8 Å². The molecule has 0 amide bonds. The van der Waals surface area contributed by atoms with Crippen molar-refractivity contribution in [2.24, 2.45) is 13.0 Å². The van der Waals surface area contributed by atoms with Gasteiger partial charge in [0.1, 0.15) is 0 Å². The number of anilines is 1. The number of carboxylic acids is 1. The SMILES string of the molecule is CCN(CCc1cn(C)c2ccccc12)CC1CCN(c2ncc(C(=O)O)cn2)CC1. The van der Waals surface area contributed by atoms with Gasteiger partial charge in [-0.05, 0) is 43.4 Å². The minimum Gasteiger partial charge on any atom is -0.478 e. The number of carbonyl (C=O) groups is 1. The lowest BCUT2D eigenvalue weighted by atomic mass is 9.96. The van der Waals surface area contributed by atoms with Crippen LogP contribution in [0.4, 0.5) is 5.95 Å². The summed E-state index contributed by atoms with van der Waals surface area (Å²) in [6.07, 6.45) is 8.33. The third kappa shape index (κ3) is 4.88. The standard InChI is InChI=1S/C24H31N5O2/c1-3-28(11-10-19-17-27(2)22-7-5-4-6-21(19)22)16-18-8-12-29(13-9-18)24-25-14-20(15-26-24)23(30)31/h4-7,14-15,17-18H,3,8-13,16H2,1-2H3,(H,30,31). The molecule has 4 rings (SSSR count). The van der Waals surface area contributed by atoms with Crippen LogP contribution in [-0.4, -0.2) is 63.2 Å². The molecule has 164 valence electrons. The molecule has 1 fully saturated rings. The topological polar surface area (TPSA) is 74.5 Å². The molecule has 7 nitrogen and oxygen atoms in total. The third-order valence-corrected chi connectivity index (χ3v) is 6.42. The summed E-state index contributed by atoms with van der Waals surface area (Å²) in [4.78, 5) is 24.2. The van der Waals surface area contributed by atoms with E-state index in [9.17, 15) is 4.79 Å². The molecule has 1 aromatic carbocycles. The second kappa shape index (κ2) is 9.47. The molecule has 0 bridgehead atoms. The fourth-order valence-electron chi connectivity index (χ4n) is 4.56. The largest absolute Gasteiger partial charge is 0.478 e. The quantitative estimate of drug-likeness (QED) is 0.601. The number of benzene rings is 1. The molecule has 0 atom stereocenters. The Balaban J connectivity index is 1.29. The molecule has 1 aliphatic rings. The molecule has 0 unspecified atom stereocenters. The molecular weight excluding hydrogens is 390 g/mol. The van der Waals surface area contributed by atoms with Crippen LogP contribution < -0.4 is 4.90 Å². The monoisotopic (exact) mass is 421 g/mol. The summed E-state index contributed by atoms with van der Waals surface area (Å²) in [6.45, 7) is 7.33. The Hall–Kier alpha value is -2.93. The summed E-state index contributed by atoms with van der Waals surface area (Å²) >= 11 is 0. The number of nitrogens with zero attached hydrogens (tertiary/aromatic N) is 5. The fourth-order valence-corrected chi connectivity index (χ4v) is 4.56. The number of rotatable bonds is 8. The minimum atomic E-state index is -0.992. The van der Waals surface area contributed by atoms with Gasteiger partial charge in [0, 0.05) is 62.7 Å². The van der Waals surface area contributed by atoms with E-state index in [0.717, 1.165) is 52.0 Å². The summed E-state index contributed by atoms with van der Waals surface area (Å²) in [7, 11) is 2.12. The van der Waals surface area contributed by atoms with Gasteiger partial charge in [0.2, 0.25) is 5.95 Å². The molecule has 7 heteroatoms. The first-order valence-corrected chi connectivity index (χ1v) is 11.1. The number of fused-ring (bicyclic) bond motifs is 1. The number of likely N-dealkylation sites (N-methyl/N-ethyl adjacent to an activating group) is 1. The van der Waals surface area contributed by atoms with Crippen molar-refractivity contribution in [1.82, 2.24) is 19.4 Å². The van der Waals surface area contributed by atoms with Crippen molar-refractivity contribution in [3.8, 4) is 0 Å².